The maximum absolute atomic E-state index is 5.21. The first kappa shape index (κ1) is 19.6. The molecule has 0 aliphatic carbocycles. The van der Waals surface area contributed by atoms with E-state index in [2.05, 4.69) is 70.0 Å². The molecule has 1 fully saturated rings. The fraction of sp³-hybridized carbons (Fsp3) is 0.524. The molecular formula is C21H31N5O. The van der Waals surface area contributed by atoms with Gasteiger partial charge in [0.25, 0.3) is 0 Å². The number of likely N-dealkylation sites (tertiary alicyclic amines) is 1. The maximum atomic E-state index is 5.21. The Balaban J connectivity index is 1.57. The van der Waals surface area contributed by atoms with Gasteiger partial charge >= 0.3 is 0 Å². The average Bonchev–Trinajstić information content (AvgIpc) is 3.02. The van der Waals surface area contributed by atoms with Crippen molar-refractivity contribution in [1.82, 2.24) is 24.6 Å². The number of ether oxygens (including phenoxy) is 1. The molecule has 1 aromatic heterocycles. The molecule has 0 spiro atoms. The summed E-state index contributed by atoms with van der Waals surface area (Å²) in [4.78, 5) is 4.64. The first-order valence-corrected chi connectivity index (χ1v) is 9.62. The first-order chi connectivity index (χ1) is 13.1. The first-order valence-electron chi connectivity index (χ1n) is 9.62. The highest BCUT2D eigenvalue weighted by molar-refractivity contribution is 5.50. The van der Waals surface area contributed by atoms with Crippen molar-refractivity contribution in [3.05, 3.63) is 47.6 Å². The third kappa shape index (κ3) is 5.17. The Bertz CT molecular complexity index is 750. The van der Waals surface area contributed by atoms with E-state index >= 15 is 0 Å². The zero-order chi connectivity index (χ0) is 19.2. The fourth-order valence-corrected chi connectivity index (χ4v) is 3.64. The smallest absolute Gasteiger partial charge is 0.146 e. The van der Waals surface area contributed by atoms with Crippen molar-refractivity contribution < 1.29 is 4.74 Å². The molecule has 1 saturated heterocycles. The number of nitrogens with zero attached hydrogens (tertiary/aromatic N) is 5. The van der Waals surface area contributed by atoms with Crippen LogP contribution in [0, 0.1) is 0 Å². The van der Waals surface area contributed by atoms with E-state index in [1.807, 2.05) is 12.1 Å². The van der Waals surface area contributed by atoms with E-state index in [1.165, 1.54) is 18.4 Å². The van der Waals surface area contributed by atoms with Crippen LogP contribution < -0.4 is 4.74 Å². The van der Waals surface area contributed by atoms with Gasteiger partial charge in [-0.15, -0.1) is 10.2 Å². The van der Waals surface area contributed by atoms with Crippen LogP contribution in [-0.4, -0.2) is 65.4 Å². The highest BCUT2D eigenvalue weighted by Gasteiger charge is 2.25. The van der Waals surface area contributed by atoms with E-state index < -0.39 is 0 Å². The van der Waals surface area contributed by atoms with Crippen molar-refractivity contribution in [2.75, 3.05) is 40.8 Å². The van der Waals surface area contributed by atoms with Gasteiger partial charge in [-0.25, -0.2) is 0 Å². The van der Waals surface area contributed by atoms with Crippen LogP contribution in [0.25, 0.3) is 6.08 Å². The predicted molar refractivity (Wildman–Crippen MR) is 109 cm³/mol. The second-order valence-electron chi connectivity index (χ2n) is 7.55. The number of aromatic nitrogens is 3. The normalized spacial score (nSPS) is 18.5. The SMILES string of the molecule is COc1ccc(/C=C/CN2CCC[C@H](c3nnc(CN(C)C)n3C)C2)cc1. The topological polar surface area (TPSA) is 46.4 Å². The molecule has 27 heavy (non-hydrogen) atoms. The quantitative estimate of drug-likeness (QED) is 0.751. The van der Waals surface area contributed by atoms with E-state index in [1.54, 1.807) is 7.11 Å². The molecule has 6 nitrogen and oxygen atoms in total. The standard InChI is InChI=1S/C21H31N5O/c1-24(2)16-20-22-23-21(25(20)3)18-8-6-14-26(15-18)13-5-7-17-9-11-19(27-4)12-10-17/h5,7,9-12,18H,6,8,13-16H2,1-4H3/b7-5+/t18-/m0/s1. The van der Waals surface area contributed by atoms with E-state index in [9.17, 15) is 0 Å². The molecule has 0 N–H and O–H groups in total. The molecule has 1 aliphatic rings. The lowest BCUT2D eigenvalue weighted by atomic mass is 9.97. The fourth-order valence-electron chi connectivity index (χ4n) is 3.64. The van der Waals surface area contributed by atoms with Crippen LogP contribution in [0.15, 0.2) is 30.3 Å². The lowest BCUT2D eigenvalue weighted by Gasteiger charge is -2.31. The van der Waals surface area contributed by atoms with E-state index in [4.69, 9.17) is 4.74 Å². The predicted octanol–water partition coefficient (Wildman–Crippen LogP) is 2.78. The Labute approximate surface area is 162 Å². The van der Waals surface area contributed by atoms with Crippen LogP contribution in [-0.2, 0) is 13.6 Å². The Morgan fingerprint density at radius 3 is 2.70 bits per heavy atom. The van der Waals surface area contributed by atoms with Crippen LogP contribution in [0.5, 0.6) is 5.75 Å². The van der Waals surface area contributed by atoms with E-state index in [0.717, 1.165) is 43.6 Å². The summed E-state index contributed by atoms with van der Waals surface area (Å²) in [7, 11) is 7.91. The van der Waals surface area contributed by atoms with Gasteiger partial charge < -0.3 is 14.2 Å². The molecule has 0 saturated carbocycles. The molecule has 0 unspecified atom stereocenters. The van der Waals surface area contributed by atoms with Gasteiger partial charge in [0.05, 0.1) is 13.7 Å². The second-order valence-corrected chi connectivity index (χ2v) is 7.55. The van der Waals surface area contributed by atoms with Crippen molar-refractivity contribution in [2.24, 2.45) is 7.05 Å². The molecule has 1 aliphatic heterocycles. The molecule has 0 radical (unpaired) electrons. The number of hydrogen-bond acceptors (Lipinski definition) is 5. The monoisotopic (exact) mass is 369 g/mol. The molecule has 146 valence electrons. The van der Waals surface area contributed by atoms with Gasteiger partial charge in [-0.05, 0) is 51.2 Å². The lowest BCUT2D eigenvalue weighted by Crippen LogP contribution is -2.35. The summed E-state index contributed by atoms with van der Waals surface area (Å²) in [6.45, 7) is 3.97. The molecule has 0 amide bonds. The number of benzene rings is 1. The number of piperidine rings is 1. The average molecular weight is 370 g/mol. The second kappa shape index (κ2) is 9.15. The summed E-state index contributed by atoms with van der Waals surface area (Å²) >= 11 is 0. The van der Waals surface area contributed by atoms with Gasteiger partial charge in [-0.3, -0.25) is 4.90 Å². The van der Waals surface area contributed by atoms with E-state index in [-0.39, 0.29) is 0 Å². The number of hydrogen-bond donors (Lipinski definition) is 0. The summed E-state index contributed by atoms with van der Waals surface area (Å²) < 4.78 is 7.39. The largest absolute Gasteiger partial charge is 0.497 e. The Kier molecular flexibility index (Phi) is 6.63. The van der Waals surface area contributed by atoms with Gasteiger partial charge in [-0.1, -0.05) is 24.3 Å². The highest BCUT2D eigenvalue weighted by atomic mass is 16.5. The van der Waals surface area contributed by atoms with Gasteiger partial charge in [0, 0.05) is 26.1 Å². The minimum absolute atomic E-state index is 0.460. The van der Waals surface area contributed by atoms with E-state index in [0.29, 0.717) is 5.92 Å². The van der Waals surface area contributed by atoms with Crippen molar-refractivity contribution >= 4 is 6.08 Å². The maximum Gasteiger partial charge on any atom is 0.146 e. The van der Waals surface area contributed by atoms with Crippen LogP contribution in [0.3, 0.4) is 0 Å². The minimum atomic E-state index is 0.460. The van der Waals surface area contributed by atoms with Crippen LogP contribution in [0.4, 0.5) is 0 Å². The van der Waals surface area contributed by atoms with Crippen molar-refractivity contribution in [3.63, 3.8) is 0 Å². The molecular weight excluding hydrogens is 338 g/mol. The lowest BCUT2D eigenvalue weighted by molar-refractivity contribution is 0.222. The van der Waals surface area contributed by atoms with Gasteiger partial charge in [0.1, 0.15) is 17.4 Å². The third-order valence-electron chi connectivity index (χ3n) is 5.12. The molecule has 3 rings (SSSR count). The molecule has 6 heteroatoms. The molecule has 1 aromatic carbocycles. The zero-order valence-corrected chi connectivity index (χ0v) is 16.9. The van der Waals surface area contributed by atoms with Crippen LogP contribution in [0.1, 0.15) is 36.0 Å². The number of methoxy groups -OCH3 is 1. The van der Waals surface area contributed by atoms with Gasteiger partial charge in [-0.2, -0.15) is 0 Å². The van der Waals surface area contributed by atoms with Gasteiger partial charge in [0.2, 0.25) is 0 Å². The summed E-state index contributed by atoms with van der Waals surface area (Å²) in [6, 6.07) is 8.16. The zero-order valence-electron chi connectivity index (χ0n) is 16.9. The molecule has 1 atom stereocenters. The summed E-state index contributed by atoms with van der Waals surface area (Å²) in [5, 5.41) is 8.90. The van der Waals surface area contributed by atoms with Crippen molar-refractivity contribution in [2.45, 2.75) is 25.3 Å². The molecule has 0 bridgehead atoms. The molecule has 2 aromatic rings. The summed E-state index contributed by atoms with van der Waals surface area (Å²) in [6.07, 6.45) is 6.82. The Morgan fingerprint density at radius 2 is 2.00 bits per heavy atom. The highest BCUT2D eigenvalue weighted by Crippen LogP contribution is 2.26. The van der Waals surface area contributed by atoms with Crippen molar-refractivity contribution in [3.8, 4) is 5.75 Å². The van der Waals surface area contributed by atoms with Gasteiger partial charge in [0.15, 0.2) is 0 Å². The summed E-state index contributed by atoms with van der Waals surface area (Å²) in [5.74, 6) is 3.51. The minimum Gasteiger partial charge on any atom is -0.497 e. The Hall–Kier alpha value is -2.18. The summed E-state index contributed by atoms with van der Waals surface area (Å²) in [5.41, 5.74) is 1.20. The van der Waals surface area contributed by atoms with Crippen LogP contribution >= 0.6 is 0 Å². The van der Waals surface area contributed by atoms with Crippen molar-refractivity contribution in [1.29, 1.82) is 0 Å². The number of rotatable bonds is 7. The molecule has 2 heterocycles. The third-order valence-corrected chi connectivity index (χ3v) is 5.12. The van der Waals surface area contributed by atoms with Crippen LogP contribution in [0.2, 0.25) is 0 Å². The Morgan fingerprint density at radius 1 is 1.22 bits per heavy atom.